The van der Waals surface area contributed by atoms with E-state index in [0.717, 1.165) is 6.42 Å². The van der Waals surface area contributed by atoms with Crippen LogP contribution in [0.15, 0.2) is 0 Å². The number of hydrogen-bond donors (Lipinski definition) is 0. The minimum atomic E-state index is -0.234. The Morgan fingerprint density at radius 2 is 1.88 bits per heavy atom. The van der Waals surface area contributed by atoms with Gasteiger partial charge in [0, 0.05) is 11.9 Å². The van der Waals surface area contributed by atoms with Crippen LogP contribution in [0.25, 0.3) is 0 Å². The number of hydrogen-bond acceptors (Lipinski definition) is 2. The van der Waals surface area contributed by atoms with Crippen molar-refractivity contribution in [1.29, 1.82) is 0 Å². The normalized spacial score (nSPS) is 47.2. The largest absolute Gasteiger partial charge is 0.376 e. The van der Waals surface area contributed by atoms with Crippen molar-refractivity contribution in [3.63, 3.8) is 0 Å². The van der Waals surface area contributed by atoms with E-state index in [1.807, 2.05) is 0 Å². The van der Waals surface area contributed by atoms with Crippen LogP contribution in [0.4, 0.5) is 0 Å². The Morgan fingerprint density at radius 3 is 2.38 bits per heavy atom. The highest BCUT2D eigenvalue weighted by atomic mass is 16.6. The molecule has 0 aliphatic carbocycles. The van der Waals surface area contributed by atoms with Gasteiger partial charge < -0.3 is 9.47 Å². The minimum absolute atomic E-state index is 0.0914. The fourth-order valence-corrected chi connectivity index (χ4v) is 3.69. The monoisotopic (exact) mass is 222 g/mol. The molecule has 0 N–H and O–H groups in total. The average molecular weight is 222 g/mol. The number of fused-ring (bicyclic) bond motifs is 2. The maximum Gasteiger partial charge on any atom is 0.112 e. The van der Waals surface area contributed by atoms with Crippen LogP contribution in [0.5, 0.6) is 0 Å². The highest BCUT2D eigenvalue weighted by Gasteiger charge is 2.63. The van der Waals surface area contributed by atoms with Crippen molar-refractivity contribution in [3.05, 3.63) is 0 Å². The zero-order valence-corrected chi connectivity index (χ0v) is 11.1. The molecule has 0 aromatic carbocycles. The van der Waals surface area contributed by atoms with Gasteiger partial charge in [-0.05, 0) is 25.2 Å². The van der Waals surface area contributed by atoms with Crippen LogP contribution < -0.4 is 0 Å². The third-order valence-corrected chi connectivity index (χ3v) is 4.09. The summed E-state index contributed by atoms with van der Waals surface area (Å²) in [5.41, 5.74) is -0.146. The van der Waals surface area contributed by atoms with Crippen molar-refractivity contribution in [2.75, 3.05) is 0 Å². The van der Waals surface area contributed by atoms with Crippen molar-refractivity contribution in [1.82, 2.24) is 0 Å². The summed E-state index contributed by atoms with van der Waals surface area (Å²) in [6, 6.07) is -0.234. The average Bonchev–Trinajstić information content (AvgIpc) is 2.51. The van der Waals surface area contributed by atoms with E-state index in [-0.39, 0.29) is 23.8 Å². The van der Waals surface area contributed by atoms with Gasteiger partial charge in [0.1, 0.15) is 7.85 Å². The predicted octanol–water partition coefficient (Wildman–Crippen LogP) is 2.36. The zero-order chi connectivity index (χ0) is 12.1. The van der Waals surface area contributed by atoms with Gasteiger partial charge in [0.25, 0.3) is 0 Å². The summed E-state index contributed by atoms with van der Waals surface area (Å²) in [5.74, 6) is 1.61. The molecule has 0 aromatic rings. The fourth-order valence-electron chi connectivity index (χ4n) is 3.69. The number of rotatable bonds is 3. The molecule has 2 aliphatic heterocycles. The lowest BCUT2D eigenvalue weighted by Crippen LogP contribution is -2.47. The summed E-state index contributed by atoms with van der Waals surface area (Å²) in [7, 11) is 6.02. The molecule has 2 unspecified atom stereocenters. The minimum Gasteiger partial charge on any atom is -0.376 e. The van der Waals surface area contributed by atoms with E-state index < -0.39 is 0 Å². The van der Waals surface area contributed by atoms with Crippen molar-refractivity contribution in [2.24, 2.45) is 17.8 Å². The van der Waals surface area contributed by atoms with Crippen LogP contribution in [0.3, 0.4) is 0 Å². The Bertz CT molecular complexity index is 267. The van der Waals surface area contributed by atoms with Crippen molar-refractivity contribution >= 4 is 7.85 Å². The summed E-state index contributed by atoms with van der Waals surface area (Å²) in [6.07, 6.45) is 1.31. The van der Waals surface area contributed by atoms with Gasteiger partial charge in [0.15, 0.2) is 0 Å². The van der Waals surface area contributed by atoms with Gasteiger partial charge in [-0.2, -0.15) is 0 Å². The van der Waals surface area contributed by atoms with Gasteiger partial charge in [-0.3, -0.25) is 0 Å². The van der Waals surface area contributed by atoms with E-state index in [4.69, 9.17) is 17.3 Å². The maximum absolute atomic E-state index is 6.10. The summed E-state index contributed by atoms with van der Waals surface area (Å²) in [6.45, 7) is 11.1. The quantitative estimate of drug-likeness (QED) is 0.682. The van der Waals surface area contributed by atoms with Gasteiger partial charge in [-0.15, -0.1) is 0 Å². The Labute approximate surface area is 100 Å². The molecule has 2 bridgehead atoms. The van der Waals surface area contributed by atoms with E-state index in [1.54, 1.807) is 0 Å². The van der Waals surface area contributed by atoms with Crippen LogP contribution in [-0.2, 0) is 9.47 Å². The molecular weight excluding hydrogens is 199 g/mol. The zero-order valence-electron chi connectivity index (χ0n) is 11.1. The van der Waals surface area contributed by atoms with E-state index in [2.05, 4.69) is 34.6 Å². The van der Waals surface area contributed by atoms with Crippen molar-refractivity contribution in [2.45, 2.75) is 64.9 Å². The molecule has 2 fully saturated rings. The van der Waals surface area contributed by atoms with Crippen LogP contribution in [0.1, 0.15) is 41.0 Å². The lowest BCUT2D eigenvalue weighted by Gasteiger charge is -2.38. The molecule has 90 valence electrons. The predicted molar refractivity (Wildman–Crippen MR) is 65.5 cm³/mol. The number of ether oxygens (including phenoxy) is 2. The molecule has 0 aromatic heterocycles. The molecule has 2 nitrogen and oxygen atoms in total. The Kier molecular flexibility index (Phi) is 3.13. The third-order valence-electron chi connectivity index (χ3n) is 4.09. The second-order valence-electron chi connectivity index (χ2n) is 6.15. The van der Waals surface area contributed by atoms with Gasteiger partial charge >= 0.3 is 0 Å². The van der Waals surface area contributed by atoms with Gasteiger partial charge in [0.05, 0.1) is 17.8 Å². The van der Waals surface area contributed by atoms with E-state index in [1.165, 1.54) is 0 Å². The van der Waals surface area contributed by atoms with Crippen LogP contribution in [0.2, 0.25) is 0 Å². The first-order valence-electron chi connectivity index (χ1n) is 6.47. The molecule has 0 amide bonds. The van der Waals surface area contributed by atoms with Crippen LogP contribution in [0, 0.1) is 17.8 Å². The first-order chi connectivity index (χ1) is 7.38. The molecule has 3 heteroatoms. The highest BCUT2D eigenvalue weighted by molar-refractivity contribution is 6.11. The van der Waals surface area contributed by atoms with E-state index >= 15 is 0 Å². The van der Waals surface area contributed by atoms with Gasteiger partial charge in [0.2, 0.25) is 0 Å². The Hall–Kier alpha value is -0.0151. The summed E-state index contributed by atoms with van der Waals surface area (Å²) >= 11 is 0. The molecule has 2 saturated heterocycles. The standard InChI is InChI=1S/C13H23BO2/c1-7(2)6-13-9(5)15-11(12(14)16-13)10(13)8(3)4/h7-12H,6H2,1-5H3/t9?,10?,11-,12+,13-/m0/s1. The second kappa shape index (κ2) is 4.02. The lowest BCUT2D eigenvalue weighted by atomic mass is 9.72. The van der Waals surface area contributed by atoms with Gasteiger partial charge in [-0.1, -0.05) is 27.7 Å². The van der Waals surface area contributed by atoms with Crippen molar-refractivity contribution in [3.8, 4) is 0 Å². The summed E-state index contributed by atoms with van der Waals surface area (Å²) < 4.78 is 12.1. The lowest BCUT2D eigenvalue weighted by molar-refractivity contribution is -0.162. The molecule has 0 saturated carbocycles. The molecule has 2 radical (unpaired) electrons. The maximum atomic E-state index is 6.10. The summed E-state index contributed by atoms with van der Waals surface area (Å²) in [4.78, 5) is 0. The molecule has 2 heterocycles. The molecule has 2 rings (SSSR count). The molecule has 16 heavy (non-hydrogen) atoms. The van der Waals surface area contributed by atoms with Crippen molar-refractivity contribution < 1.29 is 9.47 Å². The van der Waals surface area contributed by atoms with Crippen LogP contribution >= 0.6 is 0 Å². The second-order valence-corrected chi connectivity index (χ2v) is 6.15. The molecule has 2 aliphatic rings. The Morgan fingerprint density at radius 1 is 1.25 bits per heavy atom. The first-order valence-corrected chi connectivity index (χ1v) is 6.47. The van der Waals surface area contributed by atoms with E-state index in [9.17, 15) is 0 Å². The topological polar surface area (TPSA) is 18.5 Å². The molecule has 5 atom stereocenters. The Balaban J connectivity index is 2.30. The first kappa shape index (κ1) is 12.4. The SMILES string of the molecule is [B][C@@H]1O[C@@]2(CC(C)C)C(C)O[C@H]1C2C(C)C. The van der Waals surface area contributed by atoms with Gasteiger partial charge in [-0.25, -0.2) is 0 Å². The summed E-state index contributed by atoms with van der Waals surface area (Å²) in [5, 5.41) is 0. The smallest absolute Gasteiger partial charge is 0.112 e. The fraction of sp³-hybridized carbons (Fsp3) is 1.00. The molecular formula is C13H23BO2. The third kappa shape index (κ3) is 1.63. The van der Waals surface area contributed by atoms with E-state index in [0.29, 0.717) is 17.8 Å². The molecule has 0 spiro atoms. The van der Waals surface area contributed by atoms with Crippen LogP contribution in [-0.4, -0.2) is 31.7 Å². The highest BCUT2D eigenvalue weighted by Crippen LogP contribution is 2.53.